The van der Waals surface area contributed by atoms with Crippen LogP contribution in [0.2, 0.25) is 0 Å². The predicted molar refractivity (Wildman–Crippen MR) is 99.5 cm³/mol. The van der Waals surface area contributed by atoms with Crippen LogP contribution in [-0.4, -0.2) is 24.3 Å². The first-order valence-corrected chi connectivity index (χ1v) is 10.2. The van der Waals surface area contributed by atoms with Crippen molar-refractivity contribution >= 4 is 0 Å². The SMILES string of the molecule is CCCCCCCCCCNC(CO)CCCCCCCC. The molecule has 0 saturated carbocycles. The fourth-order valence-corrected chi connectivity index (χ4v) is 2.99. The highest BCUT2D eigenvalue weighted by molar-refractivity contribution is 4.65. The Balaban J connectivity index is 3.28. The summed E-state index contributed by atoms with van der Waals surface area (Å²) in [5, 5.41) is 13.0. The van der Waals surface area contributed by atoms with E-state index >= 15 is 0 Å². The van der Waals surface area contributed by atoms with E-state index in [1.54, 1.807) is 0 Å². The van der Waals surface area contributed by atoms with Gasteiger partial charge in [0.15, 0.2) is 0 Å². The summed E-state index contributed by atoms with van der Waals surface area (Å²) in [7, 11) is 0. The summed E-state index contributed by atoms with van der Waals surface area (Å²) >= 11 is 0. The van der Waals surface area contributed by atoms with Gasteiger partial charge in [-0.1, -0.05) is 97.3 Å². The van der Waals surface area contributed by atoms with Crippen LogP contribution in [0.25, 0.3) is 0 Å². The summed E-state index contributed by atoms with van der Waals surface area (Å²) in [5.41, 5.74) is 0. The van der Waals surface area contributed by atoms with Crippen molar-refractivity contribution in [3.8, 4) is 0 Å². The maximum atomic E-state index is 9.43. The third-order valence-electron chi connectivity index (χ3n) is 4.59. The van der Waals surface area contributed by atoms with E-state index in [4.69, 9.17) is 0 Å². The van der Waals surface area contributed by atoms with E-state index in [0.717, 1.165) is 13.0 Å². The molecule has 0 saturated heterocycles. The van der Waals surface area contributed by atoms with Crippen LogP contribution in [0.15, 0.2) is 0 Å². The quantitative estimate of drug-likeness (QED) is 0.312. The summed E-state index contributed by atoms with van der Waals surface area (Å²) < 4.78 is 0. The minimum atomic E-state index is 0.298. The van der Waals surface area contributed by atoms with Crippen LogP contribution in [0, 0.1) is 0 Å². The molecule has 0 aromatic heterocycles. The highest BCUT2D eigenvalue weighted by Crippen LogP contribution is 2.10. The standard InChI is InChI=1S/C20H43NO/c1-3-5-7-9-11-12-14-16-18-21-20(19-22)17-15-13-10-8-6-4-2/h20-22H,3-19H2,1-2H3. The molecule has 2 heteroatoms. The molecule has 0 aromatic carbocycles. The first kappa shape index (κ1) is 21.9. The molecule has 0 aliphatic carbocycles. The molecule has 0 aliphatic heterocycles. The number of unbranched alkanes of at least 4 members (excludes halogenated alkanes) is 12. The molecule has 0 heterocycles. The zero-order valence-electron chi connectivity index (χ0n) is 15.5. The van der Waals surface area contributed by atoms with Crippen LogP contribution < -0.4 is 5.32 Å². The van der Waals surface area contributed by atoms with Gasteiger partial charge in [0.1, 0.15) is 0 Å². The molecule has 0 aliphatic rings. The van der Waals surface area contributed by atoms with Crippen molar-refractivity contribution in [2.75, 3.05) is 13.2 Å². The summed E-state index contributed by atoms with van der Waals surface area (Å²) in [4.78, 5) is 0. The van der Waals surface area contributed by atoms with Crippen LogP contribution in [0.5, 0.6) is 0 Å². The normalized spacial score (nSPS) is 12.7. The highest BCUT2D eigenvalue weighted by atomic mass is 16.3. The maximum Gasteiger partial charge on any atom is 0.0584 e. The van der Waals surface area contributed by atoms with Gasteiger partial charge in [-0.15, -0.1) is 0 Å². The van der Waals surface area contributed by atoms with Gasteiger partial charge in [0.05, 0.1) is 6.61 Å². The Morgan fingerprint density at radius 3 is 1.59 bits per heavy atom. The molecule has 0 radical (unpaired) electrons. The van der Waals surface area contributed by atoms with E-state index in [0.29, 0.717) is 12.6 Å². The molecule has 0 rings (SSSR count). The number of rotatable bonds is 18. The van der Waals surface area contributed by atoms with Crippen molar-refractivity contribution in [3.63, 3.8) is 0 Å². The van der Waals surface area contributed by atoms with Crippen molar-refractivity contribution in [2.24, 2.45) is 0 Å². The Kier molecular flexibility index (Phi) is 18.9. The lowest BCUT2D eigenvalue weighted by atomic mass is 10.1. The number of nitrogens with one attached hydrogen (secondary N) is 1. The monoisotopic (exact) mass is 313 g/mol. The summed E-state index contributed by atoms with van der Waals surface area (Å²) in [6.45, 7) is 5.91. The van der Waals surface area contributed by atoms with Gasteiger partial charge in [0, 0.05) is 6.04 Å². The Morgan fingerprint density at radius 1 is 0.636 bits per heavy atom. The second-order valence-electron chi connectivity index (χ2n) is 6.86. The van der Waals surface area contributed by atoms with Crippen molar-refractivity contribution in [2.45, 2.75) is 116 Å². The Labute approximate surface area is 140 Å². The second kappa shape index (κ2) is 19.0. The second-order valence-corrected chi connectivity index (χ2v) is 6.86. The smallest absolute Gasteiger partial charge is 0.0584 e. The molecule has 1 atom stereocenters. The first-order chi connectivity index (χ1) is 10.8. The third-order valence-corrected chi connectivity index (χ3v) is 4.59. The average molecular weight is 314 g/mol. The lowest BCUT2D eigenvalue weighted by Gasteiger charge is -2.16. The maximum absolute atomic E-state index is 9.43. The zero-order chi connectivity index (χ0) is 16.3. The van der Waals surface area contributed by atoms with E-state index < -0.39 is 0 Å². The molecule has 0 aromatic rings. The van der Waals surface area contributed by atoms with Gasteiger partial charge < -0.3 is 10.4 Å². The van der Waals surface area contributed by atoms with Crippen molar-refractivity contribution in [1.29, 1.82) is 0 Å². The topological polar surface area (TPSA) is 32.3 Å². The minimum absolute atomic E-state index is 0.298. The van der Waals surface area contributed by atoms with Gasteiger partial charge >= 0.3 is 0 Å². The molecular weight excluding hydrogens is 270 g/mol. The van der Waals surface area contributed by atoms with E-state index in [2.05, 4.69) is 19.2 Å². The molecule has 22 heavy (non-hydrogen) atoms. The van der Waals surface area contributed by atoms with Crippen LogP contribution in [0.4, 0.5) is 0 Å². The Bertz CT molecular complexity index is 196. The van der Waals surface area contributed by atoms with Gasteiger partial charge in [-0.3, -0.25) is 0 Å². The fraction of sp³-hybridized carbons (Fsp3) is 1.00. The summed E-state index contributed by atoms with van der Waals surface area (Å²) in [5.74, 6) is 0. The van der Waals surface area contributed by atoms with E-state index in [-0.39, 0.29) is 0 Å². The van der Waals surface area contributed by atoms with Gasteiger partial charge in [-0.25, -0.2) is 0 Å². The lowest BCUT2D eigenvalue weighted by Crippen LogP contribution is -2.33. The van der Waals surface area contributed by atoms with Gasteiger partial charge in [-0.05, 0) is 19.4 Å². The summed E-state index contributed by atoms with van der Waals surface area (Å²) in [6.07, 6.45) is 20.1. The van der Waals surface area contributed by atoms with Gasteiger partial charge in [0.2, 0.25) is 0 Å². The molecule has 0 spiro atoms. The van der Waals surface area contributed by atoms with Gasteiger partial charge in [0.25, 0.3) is 0 Å². The minimum Gasteiger partial charge on any atom is -0.395 e. The molecule has 0 bridgehead atoms. The molecule has 2 nitrogen and oxygen atoms in total. The Hall–Kier alpha value is -0.0800. The molecular formula is C20H43NO. The predicted octanol–water partition coefficient (Wildman–Crippen LogP) is 5.83. The Morgan fingerprint density at radius 2 is 1.09 bits per heavy atom. The summed E-state index contributed by atoms with van der Waals surface area (Å²) in [6, 6.07) is 0.329. The third kappa shape index (κ3) is 16.3. The number of aliphatic hydroxyl groups is 1. The first-order valence-electron chi connectivity index (χ1n) is 10.2. The van der Waals surface area contributed by atoms with Crippen LogP contribution in [0.3, 0.4) is 0 Å². The molecule has 0 amide bonds. The number of hydrogen-bond acceptors (Lipinski definition) is 2. The number of hydrogen-bond donors (Lipinski definition) is 2. The molecule has 0 fully saturated rings. The molecule has 1 unspecified atom stereocenters. The van der Waals surface area contributed by atoms with Crippen molar-refractivity contribution in [1.82, 2.24) is 5.32 Å². The zero-order valence-corrected chi connectivity index (χ0v) is 15.5. The van der Waals surface area contributed by atoms with Crippen LogP contribution in [0.1, 0.15) is 110 Å². The molecule has 134 valence electrons. The highest BCUT2D eigenvalue weighted by Gasteiger charge is 2.05. The van der Waals surface area contributed by atoms with E-state index in [9.17, 15) is 5.11 Å². The van der Waals surface area contributed by atoms with E-state index in [1.165, 1.54) is 89.9 Å². The van der Waals surface area contributed by atoms with E-state index in [1.807, 2.05) is 0 Å². The van der Waals surface area contributed by atoms with Crippen LogP contribution in [-0.2, 0) is 0 Å². The van der Waals surface area contributed by atoms with Crippen molar-refractivity contribution in [3.05, 3.63) is 0 Å². The largest absolute Gasteiger partial charge is 0.395 e. The van der Waals surface area contributed by atoms with Crippen molar-refractivity contribution < 1.29 is 5.11 Å². The fourth-order valence-electron chi connectivity index (χ4n) is 2.99. The molecule has 2 N–H and O–H groups in total. The lowest BCUT2D eigenvalue weighted by molar-refractivity contribution is 0.232. The van der Waals surface area contributed by atoms with Gasteiger partial charge in [-0.2, -0.15) is 0 Å². The van der Waals surface area contributed by atoms with Crippen LogP contribution >= 0.6 is 0 Å². The average Bonchev–Trinajstić information content (AvgIpc) is 2.54. The number of aliphatic hydroxyl groups excluding tert-OH is 1.